The topological polar surface area (TPSA) is 96.6 Å². The zero-order valence-corrected chi connectivity index (χ0v) is 19.9. The fraction of sp³-hybridized carbons (Fsp3) is 0.192. The fourth-order valence-corrected chi connectivity index (χ4v) is 3.48. The van der Waals surface area contributed by atoms with Gasteiger partial charge in [-0.05, 0) is 73.1 Å². The van der Waals surface area contributed by atoms with Crippen LogP contribution in [0.3, 0.4) is 0 Å². The number of hydrogen-bond acceptors (Lipinski definition) is 6. The number of phenols is 1. The third-order valence-corrected chi connectivity index (χ3v) is 5.14. The van der Waals surface area contributed by atoms with E-state index in [9.17, 15) is 9.90 Å². The standard InChI is InChI=1S/C26H25N3O4S/c1-15(2)14-32-19-6-4-5-17(12-19)24(31)29-26(34)27-18-8-9-20(22(30)13-18)25-28-21-10-7-16(3)11-23(21)33-25/h4-13,15,30H,14H2,1-3H3,(H2,27,29,31,34). The Bertz CT molecular complexity index is 1360. The van der Waals surface area contributed by atoms with E-state index >= 15 is 0 Å². The van der Waals surface area contributed by atoms with Crippen LogP contribution in [0.25, 0.3) is 22.6 Å². The second kappa shape index (κ2) is 9.93. The van der Waals surface area contributed by atoms with Crippen LogP contribution >= 0.6 is 12.2 Å². The average Bonchev–Trinajstić information content (AvgIpc) is 3.20. The van der Waals surface area contributed by atoms with E-state index in [1.54, 1.807) is 36.4 Å². The van der Waals surface area contributed by atoms with Gasteiger partial charge in [-0.2, -0.15) is 0 Å². The van der Waals surface area contributed by atoms with Crippen molar-refractivity contribution in [2.75, 3.05) is 11.9 Å². The molecular formula is C26H25N3O4S. The minimum Gasteiger partial charge on any atom is -0.507 e. The zero-order valence-electron chi connectivity index (χ0n) is 19.1. The van der Waals surface area contributed by atoms with Crippen LogP contribution in [0.1, 0.15) is 29.8 Å². The summed E-state index contributed by atoms with van der Waals surface area (Å²) in [7, 11) is 0. The molecule has 0 atom stereocenters. The molecule has 1 amide bonds. The minimum atomic E-state index is -0.366. The van der Waals surface area contributed by atoms with Gasteiger partial charge in [0.2, 0.25) is 5.89 Å². The van der Waals surface area contributed by atoms with E-state index in [2.05, 4.69) is 29.5 Å². The first kappa shape index (κ1) is 23.3. The molecule has 3 aromatic carbocycles. The number of rotatable bonds is 6. The molecule has 4 rings (SSSR count). The Hall–Kier alpha value is -3.91. The summed E-state index contributed by atoms with van der Waals surface area (Å²) in [5.41, 5.74) is 3.81. The maximum absolute atomic E-state index is 12.6. The molecule has 1 aromatic heterocycles. The predicted molar refractivity (Wildman–Crippen MR) is 136 cm³/mol. The number of ether oxygens (including phenoxy) is 1. The summed E-state index contributed by atoms with van der Waals surface area (Å²) < 4.78 is 11.5. The Morgan fingerprint density at radius 3 is 2.74 bits per heavy atom. The first-order chi connectivity index (χ1) is 16.3. The van der Waals surface area contributed by atoms with E-state index in [4.69, 9.17) is 21.4 Å². The number of carbonyl (C=O) groups is 1. The molecule has 0 aliphatic rings. The highest BCUT2D eigenvalue weighted by Crippen LogP contribution is 2.33. The predicted octanol–water partition coefficient (Wildman–Crippen LogP) is 5.67. The lowest BCUT2D eigenvalue weighted by Gasteiger charge is -2.12. The molecule has 0 aliphatic heterocycles. The van der Waals surface area contributed by atoms with Gasteiger partial charge in [0, 0.05) is 17.3 Å². The molecular weight excluding hydrogens is 450 g/mol. The number of benzene rings is 3. The third kappa shape index (κ3) is 5.52. The molecule has 174 valence electrons. The van der Waals surface area contributed by atoms with Crippen molar-refractivity contribution >= 4 is 40.0 Å². The number of aromatic nitrogens is 1. The van der Waals surface area contributed by atoms with Crippen molar-refractivity contribution in [3.63, 3.8) is 0 Å². The Labute approximate surface area is 202 Å². The van der Waals surface area contributed by atoms with Gasteiger partial charge in [0.1, 0.15) is 17.0 Å². The van der Waals surface area contributed by atoms with Crippen molar-refractivity contribution < 1.29 is 19.1 Å². The number of aromatic hydroxyl groups is 1. The van der Waals surface area contributed by atoms with Crippen LogP contribution in [0.4, 0.5) is 5.69 Å². The number of fused-ring (bicyclic) bond motifs is 1. The quantitative estimate of drug-likeness (QED) is 0.309. The minimum absolute atomic E-state index is 0.0302. The molecule has 0 fully saturated rings. The highest BCUT2D eigenvalue weighted by molar-refractivity contribution is 7.80. The van der Waals surface area contributed by atoms with E-state index in [1.807, 2.05) is 25.1 Å². The molecule has 0 aliphatic carbocycles. The number of thiocarbonyl (C=S) groups is 1. The number of anilines is 1. The normalized spacial score (nSPS) is 10.9. The first-order valence-electron chi connectivity index (χ1n) is 10.8. The summed E-state index contributed by atoms with van der Waals surface area (Å²) in [4.78, 5) is 17.0. The van der Waals surface area contributed by atoms with Gasteiger partial charge in [-0.25, -0.2) is 4.98 Å². The van der Waals surface area contributed by atoms with Crippen LogP contribution in [0.5, 0.6) is 11.5 Å². The Kier molecular flexibility index (Phi) is 6.79. The third-order valence-electron chi connectivity index (χ3n) is 4.94. The van der Waals surface area contributed by atoms with Crippen molar-refractivity contribution in [3.05, 3.63) is 71.8 Å². The lowest BCUT2D eigenvalue weighted by Crippen LogP contribution is -2.34. The van der Waals surface area contributed by atoms with Crippen molar-refractivity contribution in [2.24, 2.45) is 5.92 Å². The van der Waals surface area contributed by atoms with Crippen molar-refractivity contribution in [1.82, 2.24) is 10.3 Å². The van der Waals surface area contributed by atoms with Gasteiger partial charge in [0.15, 0.2) is 10.7 Å². The van der Waals surface area contributed by atoms with Crippen LogP contribution in [0.2, 0.25) is 0 Å². The van der Waals surface area contributed by atoms with Crippen LogP contribution in [-0.2, 0) is 0 Å². The maximum Gasteiger partial charge on any atom is 0.257 e. The molecule has 3 N–H and O–H groups in total. The molecule has 0 radical (unpaired) electrons. The van der Waals surface area contributed by atoms with Gasteiger partial charge in [-0.3, -0.25) is 10.1 Å². The summed E-state index contributed by atoms with van der Waals surface area (Å²) in [6, 6.07) is 17.5. The summed E-state index contributed by atoms with van der Waals surface area (Å²) in [6.45, 7) is 6.64. The molecule has 8 heteroatoms. The molecule has 0 saturated carbocycles. The highest BCUT2D eigenvalue weighted by Gasteiger charge is 2.14. The Morgan fingerprint density at radius 1 is 1.15 bits per heavy atom. The maximum atomic E-state index is 12.6. The number of amides is 1. The summed E-state index contributed by atoms with van der Waals surface area (Å²) >= 11 is 5.27. The zero-order chi connectivity index (χ0) is 24.2. The van der Waals surface area contributed by atoms with Crippen LogP contribution in [0, 0.1) is 12.8 Å². The molecule has 0 bridgehead atoms. The second-order valence-corrected chi connectivity index (χ2v) is 8.77. The molecule has 7 nitrogen and oxygen atoms in total. The van der Waals surface area contributed by atoms with E-state index in [-0.39, 0.29) is 16.8 Å². The molecule has 1 heterocycles. The SMILES string of the molecule is Cc1ccc2nc(-c3ccc(NC(=S)NC(=O)c4cccc(OCC(C)C)c4)cc3O)oc2c1. The van der Waals surface area contributed by atoms with E-state index < -0.39 is 0 Å². The monoisotopic (exact) mass is 475 g/mol. The molecule has 0 spiro atoms. The Balaban J connectivity index is 1.42. The molecule has 4 aromatic rings. The van der Waals surface area contributed by atoms with E-state index in [1.165, 1.54) is 6.07 Å². The van der Waals surface area contributed by atoms with Gasteiger partial charge in [-0.1, -0.05) is 26.0 Å². The van der Waals surface area contributed by atoms with Gasteiger partial charge in [0.25, 0.3) is 5.91 Å². The van der Waals surface area contributed by atoms with Crippen LogP contribution in [-0.4, -0.2) is 27.7 Å². The average molecular weight is 476 g/mol. The number of nitrogens with zero attached hydrogens (tertiary/aromatic N) is 1. The Morgan fingerprint density at radius 2 is 1.97 bits per heavy atom. The van der Waals surface area contributed by atoms with Gasteiger partial charge >= 0.3 is 0 Å². The lowest BCUT2D eigenvalue weighted by molar-refractivity contribution is 0.0977. The van der Waals surface area contributed by atoms with Crippen molar-refractivity contribution in [2.45, 2.75) is 20.8 Å². The molecule has 0 saturated heterocycles. The van der Waals surface area contributed by atoms with E-state index in [0.29, 0.717) is 52.1 Å². The number of phenolic OH excluding ortho intramolecular Hbond substituents is 1. The lowest BCUT2D eigenvalue weighted by atomic mass is 10.2. The van der Waals surface area contributed by atoms with Gasteiger partial charge < -0.3 is 19.6 Å². The summed E-state index contributed by atoms with van der Waals surface area (Å²) in [5, 5.41) is 16.2. The molecule has 0 unspecified atom stereocenters. The second-order valence-electron chi connectivity index (χ2n) is 8.36. The fourth-order valence-electron chi connectivity index (χ4n) is 3.26. The summed E-state index contributed by atoms with van der Waals surface area (Å²) in [5.74, 6) is 0.923. The van der Waals surface area contributed by atoms with Crippen molar-refractivity contribution in [1.29, 1.82) is 0 Å². The van der Waals surface area contributed by atoms with Crippen molar-refractivity contribution in [3.8, 4) is 23.0 Å². The molecule has 34 heavy (non-hydrogen) atoms. The first-order valence-corrected chi connectivity index (χ1v) is 11.2. The largest absolute Gasteiger partial charge is 0.507 e. The highest BCUT2D eigenvalue weighted by atomic mass is 32.1. The smallest absolute Gasteiger partial charge is 0.257 e. The number of carbonyl (C=O) groups excluding carboxylic acids is 1. The number of hydrogen-bond donors (Lipinski definition) is 3. The number of oxazole rings is 1. The van der Waals surface area contributed by atoms with E-state index in [0.717, 1.165) is 5.56 Å². The summed E-state index contributed by atoms with van der Waals surface area (Å²) in [6.07, 6.45) is 0. The van der Waals surface area contributed by atoms with Crippen LogP contribution in [0.15, 0.2) is 65.1 Å². The number of aryl methyl sites for hydroxylation is 1. The number of nitrogens with one attached hydrogen (secondary N) is 2. The van der Waals surface area contributed by atoms with Gasteiger partial charge in [-0.15, -0.1) is 0 Å². The van der Waals surface area contributed by atoms with Gasteiger partial charge in [0.05, 0.1) is 12.2 Å². The van der Waals surface area contributed by atoms with Crippen LogP contribution < -0.4 is 15.4 Å².